The van der Waals surface area contributed by atoms with E-state index in [4.69, 9.17) is 9.97 Å². The van der Waals surface area contributed by atoms with E-state index in [-0.39, 0.29) is 5.92 Å². The second-order valence-electron chi connectivity index (χ2n) is 16.4. The zero-order chi connectivity index (χ0) is 39.1. The van der Waals surface area contributed by atoms with Crippen molar-refractivity contribution in [1.82, 2.24) is 9.97 Å². The van der Waals surface area contributed by atoms with E-state index in [0.29, 0.717) is 5.92 Å². The monoisotopic (exact) mass is 752 g/mol. The molecule has 3 unspecified atom stereocenters. The Labute approximate surface area is 344 Å². The van der Waals surface area contributed by atoms with E-state index in [2.05, 4.69) is 219 Å². The summed E-state index contributed by atoms with van der Waals surface area (Å²) in [5.74, 6) is 1.36. The summed E-state index contributed by atoms with van der Waals surface area (Å²) in [7, 11) is 0. The van der Waals surface area contributed by atoms with E-state index in [0.717, 1.165) is 33.5 Å². The van der Waals surface area contributed by atoms with Gasteiger partial charge in [0, 0.05) is 22.4 Å². The quantitative estimate of drug-likeness (QED) is 0.175. The fourth-order valence-electron chi connectivity index (χ4n) is 11.2. The number of allylic oxidation sites excluding steroid dienone is 4. The van der Waals surface area contributed by atoms with Crippen LogP contribution in [0.1, 0.15) is 57.3 Å². The second-order valence-corrected chi connectivity index (χ2v) is 16.4. The van der Waals surface area contributed by atoms with Gasteiger partial charge in [-0.25, -0.2) is 9.97 Å². The molecule has 3 aliphatic carbocycles. The highest BCUT2D eigenvalue weighted by atomic mass is 14.9. The fraction of sp³-hybridized carbons (Fsp3) is 0.0877. The number of rotatable bonds is 5. The van der Waals surface area contributed by atoms with Crippen molar-refractivity contribution in [2.45, 2.75) is 23.7 Å². The highest BCUT2D eigenvalue weighted by Crippen LogP contribution is 2.68. The summed E-state index contributed by atoms with van der Waals surface area (Å²) >= 11 is 0. The van der Waals surface area contributed by atoms with Gasteiger partial charge in [0.1, 0.15) is 0 Å². The molecule has 3 aliphatic rings. The third kappa shape index (κ3) is 4.69. The summed E-state index contributed by atoms with van der Waals surface area (Å²) in [5, 5.41) is 3.46. The van der Waals surface area contributed by atoms with E-state index >= 15 is 0 Å². The first-order valence-electron chi connectivity index (χ1n) is 20.8. The number of fused-ring (bicyclic) bond motifs is 7. The Morgan fingerprint density at radius 3 is 1.86 bits per heavy atom. The Balaban J connectivity index is 1.11. The van der Waals surface area contributed by atoms with Crippen LogP contribution in [0.2, 0.25) is 0 Å². The largest absolute Gasteiger partial charge is 0.228 e. The van der Waals surface area contributed by atoms with Gasteiger partial charge < -0.3 is 0 Å². The molecule has 2 heteroatoms. The maximum absolute atomic E-state index is 5.34. The number of benzene rings is 8. The van der Waals surface area contributed by atoms with Gasteiger partial charge in [0.25, 0.3) is 0 Å². The lowest BCUT2D eigenvalue weighted by Gasteiger charge is -2.50. The Morgan fingerprint density at radius 2 is 1.08 bits per heavy atom. The third-order valence-corrected chi connectivity index (χ3v) is 13.5. The van der Waals surface area contributed by atoms with Crippen LogP contribution in [0.5, 0.6) is 0 Å². The number of nitrogens with zero attached hydrogens (tertiary/aromatic N) is 2. The van der Waals surface area contributed by atoms with Crippen LogP contribution in [0.15, 0.2) is 218 Å². The summed E-state index contributed by atoms with van der Waals surface area (Å²) in [6, 6.07) is 71.6. The average molecular weight is 753 g/mol. The Hall–Kier alpha value is -7.16. The molecule has 0 saturated heterocycles. The molecular weight excluding hydrogens is 713 g/mol. The van der Waals surface area contributed by atoms with Crippen molar-refractivity contribution in [1.29, 1.82) is 0 Å². The van der Waals surface area contributed by atoms with Gasteiger partial charge >= 0.3 is 0 Å². The average Bonchev–Trinajstić information content (AvgIpc) is 3.62. The molecule has 0 fully saturated rings. The molecule has 0 bridgehead atoms. The zero-order valence-electron chi connectivity index (χ0n) is 32.8. The molecule has 0 aliphatic heterocycles. The normalized spacial score (nSPS) is 21.1. The van der Waals surface area contributed by atoms with Crippen molar-refractivity contribution in [2.24, 2.45) is 5.92 Å². The van der Waals surface area contributed by atoms with Gasteiger partial charge in [-0.15, -0.1) is 0 Å². The summed E-state index contributed by atoms with van der Waals surface area (Å²) in [4.78, 5) is 10.5. The van der Waals surface area contributed by atoms with Gasteiger partial charge in [-0.1, -0.05) is 207 Å². The molecule has 1 heterocycles. The van der Waals surface area contributed by atoms with Gasteiger partial charge in [-0.05, 0) is 78.9 Å². The van der Waals surface area contributed by atoms with Crippen LogP contribution in [-0.2, 0) is 10.8 Å². The van der Waals surface area contributed by atoms with Gasteiger partial charge in [0.2, 0.25) is 0 Å². The standard InChI is InChI=1S/C57H40N2/c1-37-16-14-27-49-52(37)46-24-15-28-50-53(46)57(49,43-21-6-3-7-22-43)48-26-12-11-25-47(48)56(50,42-19-4-2-5-20-42)44-34-32-39(33-35-44)55-58-51-29-13-10-23-45(51)54(59-55)41-31-30-38-17-8-9-18-40(38)36-41/h2-37,52H,1H3/t37-,52?,56?,57?/m0/s1. The van der Waals surface area contributed by atoms with E-state index < -0.39 is 10.8 Å². The smallest absolute Gasteiger partial charge is 0.160 e. The molecule has 12 rings (SSSR count). The number of hydrogen-bond donors (Lipinski definition) is 0. The Kier molecular flexibility index (Phi) is 7.43. The lowest BCUT2D eigenvalue weighted by Crippen LogP contribution is -2.44. The second kappa shape index (κ2) is 12.9. The van der Waals surface area contributed by atoms with E-state index in [1.807, 2.05) is 0 Å². The molecule has 59 heavy (non-hydrogen) atoms. The Morgan fingerprint density at radius 1 is 0.475 bits per heavy atom. The summed E-state index contributed by atoms with van der Waals surface area (Å²) in [5.41, 5.74) is 15.1. The highest BCUT2D eigenvalue weighted by Gasteiger charge is 2.60. The molecular formula is C57H40N2. The van der Waals surface area contributed by atoms with E-state index in [9.17, 15) is 0 Å². The molecule has 0 spiro atoms. The SMILES string of the molecule is C[C@H]1C=CC=C2C1c1cccc3c1C2(c1ccccc1)c1ccccc1C3(c1ccccc1)c1ccc(-c2nc(-c3ccc4ccccc4c3)c3ccccc3n2)cc1. The zero-order valence-corrected chi connectivity index (χ0v) is 32.8. The lowest BCUT2D eigenvalue weighted by molar-refractivity contribution is 0.568. The predicted octanol–water partition coefficient (Wildman–Crippen LogP) is 13.4. The van der Waals surface area contributed by atoms with Crippen molar-refractivity contribution in [2.75, 3.05) is 0 Å². The van der Waals surface area contributed by atoms with E-state index in [1.54, 1.807) is 0 Å². The predicted molar refractivity (Wildman–Crippen MR) is 242 cm³/mol. The molecule has 9 aromatic rings. The first kappa shape index (κ1) is 33.9. The number of hydrogen-bond acceptors (Lipinski definition) is 2. The maximum Gasteiger partial charge on any atom is 0.160 e. The number of aromatic nitrogens is 2. The molecule has 278 valence electrons. The van der Waals surface area contributed by atoms with Crippen molar-refractivity contribution < 1.29 is 0 Å². The van der Waals surface area contributed by atoms with E-state index in [1.165, 1.54) is 60.9 Å². The minimum atomic E-state index is -0.592. The summed E-state index contributed by atoms with van der Waals surface area (Å²) in [6.45, 7) is 2.39. The van der Waals surface area contributed by atoms with Gasteiger partial charge in [0.15, 0.2) is 5.82 Å². The fourth-order valence-corrected chi connectivity index (χ4v) is 11.2. The van der Waals surface area contributed by atoms with Crippen LogP contribution < -0.4 is 0 Å². The first-order valence-corrected chi connectivity index (χ1v) is 20.8. The first-order chi connectivity index (χ1) is 29.2. The molecule has 0 saturated carbocycles. The highest BCUT2D eigenvalue weighted by molar-refractivity contribution is 5.96. The van der Waals surface area contributed by atoms with Crippen molar-refractivity contribution in [3.63, 3.8) is 0 Å². The van der Waals surface area contributed by atoms with Crippen LogP contribution in [0, 0.1) is 5.92 Å². The molecule has 0 N–H and O–H groups in total. The van der Waals surface area contributed by atoms with Crippen LogP contribution in [0.3, 0.4) is 0 Å². The van der Waals surface area contributed by atoms with Crippen LogP contribution >= 0.6 is 0 Å². The van der Waals surface area contributed by atoms with Crippen molar-refractivity contribution in [3.05, 3.63) is 262 Å². The third-order valence-electron chi connectivity index (χ3n) is 13.5. The molecule has 0 radical (unpaired) electrons. The van der Waals surface area contributed by atoms with Gasteiger partial charge in [0.05, 0.1) is 22.0 Å². The van der Waals surface area contributed by atoms with Gasteiger partial charge in [-0.2, -0.15) is 0 Å². The number of para-hydroxylation sites is 1. The summed E-state index contributed by atoms with van der Waals surface area (Å²) < 4.78 is 0. The van der Waals surface area contributed by atoms with Crippen LogP contribution in [0.25, 0.3) is 44.3 Å². The van der Waals surface area contributed by atoms with Crippen molar-refractivity contribution in [3.8, 4) is 22.6 Å². The molecule has 2 nitrogen and oxygen atoms in total. The summed E-state index contributed by atoms with van der Waals surface area (Å²) in [6.07, 6.45) is 7.12. The van der Waals surface area contributed by atoms with Crippen LogP contribution in [0.4, 0.5) is 0 Å². The Bertz CT molecular complexity index is 3180. The van der Waals surface area contributed by atoms with Gasteiger partial charge in [-0.3, -0.25) is 0 Å². The molecule has 8 aromatic carbocycles. The lowest BCUT2D eigenvalue weighted by atomic mass is 9.51. The topological polar surface area (TPSA) is 25.8 Å². The minimum Gasteiger partial charge on any atom is -0.228 e. The minimum absolute atomic E-state index is 0.277. The van der Waals surface area contributed by atoms with Crippen molar-refractivity contribution >= 4 is 21.7 Å². The molecule has 0 amide bonds. The molecule has 1 aromatic heterocycles. The van der Waals surface area contributed by atoms with Crippen LogP contribution in [-0.4, -0.2) is 9.97 Å². The maximum atomic E-state index is 5.34. The molecule has 4 atom stereocenters.